The first kappa shape index (κ1) is 26.6. The Hall–Kier alpha value is -3.05. The minimum absolute atomic E-state index is 0.101. The number of pyridine rings is 1. The summed E-state index contributed by atoms with van der Waals surface area (Å²) in [6.07, 6.45) is 1.82. The van der Waals surface area contributed by atoms with Crippen LogP contribution in [0, 0.1) is 6.92 Å². The number of nitrogens with one attached hydrogen (secondary N) is 1. The molecule has 5 heteroatoms. The van der Waals surface area contributed by atoms with Gasteiger partial charge in [0.1, 0.15) is 12.4 Å². The first-order valence-corrected chi connectivity index (χ1v) is 12.3. The molecular weight excluding hydrogens is 436 g/mol. The van der Waals surface area contributed by atoms with Crippen LogP contribution >= 0.6 is 0 Å². The van der Waals surface area contributed by atoms with Gasteiger partial charge >= 0.3 is 0 Å². The van der Waals surface area contributed by atoms with E-state index in [0.29, 0.717) is 31.2 Å². The number of aromatic nitrogens is 1. The normalized spacial score (nSPS) is 12.1. The predicted molar refractivity (Wildman–Crippen MR) is 143 cm³/mol. The third kappa shape index (κ3) is 6.76. The molecule has 188 valence electrons. The molecule has 0 fully saturated rings. The molecule has 0 amide bonds. The van der Waals surface area contributed by atoms with Gasteiger partial charge in [0.05, 0.1) is 5.69 Å². The van der Waals surface area contributed by atoms with Crippen molar-refractivity contribution in [3.05, 3.63) is 92.9 Å². The molecule has 0 saturated heterocycles. The molecular formula is C30H40N2O3. The van der Waals surface area contributed by atoms with E-state index in [1.54, 1.807) is 6.07 Å². The van der Waals surface area contributed by atoms with Gasteiger partial charge in [0.15, 0.2) is 5.75 Å². The number of phenolic OH excluding ortho intramolecular Hbond substituents is 1. The number of hydrogen-bond acceptors (Lipinski definition) is 4. The highest BCUT2D eigenvalue weighted by Gasteiger charge is 2.26. The highest BCUT2D eigenvalue weighted by molar-refractivity contribution is 5.49. The van der Waals surface area contributed by atoms with E-state index >= 15 is 0 Å². The van der Waals surface area contributed by atoms with Gasteiger partial charge in [-0.25, -0.2) is 0 Å². The largest absolute Gasteiger partial charge is 0.507 e. The summed E-state index contributed by atoms with van der Waals surface area (Å²) in [6.45, 7) is 17.2. The second-order valence-electron chi connectivity index (χ2n) is 11.3. The lowest BCUT2D eigenvalue weighted by molar-refractivity contribution is 0.297. The van der Waals surface area contributed by atoms with Crippen molar-refractivity contribution < 1.29 is 9.84 Å². The zero-order chi connectivity index (χ0) is 25.8. The Morgan fingerprint density at radius 1 is 0.914 bits per heavy atom. The number of ether oxygens (including phenoxy) is 1. The van der Waals surface area contributed by atoms with Gasteiger partial charge in [-0.15, -0.1) is 0 Å². The number of nitrogens with zero attached hydrogens (tertiary/aromatic N) is 1. The third-order valence-electron chi connectivity index (χ3n) is 6.26. The van der Waals surface area contributed by atoms with Gasteiger partial charge in [-0.05, 0) is 40.0 Å². The monoisotopic (exact) mass is 476 g/mol. The van der Waals surface area contributed by atoms with Crippen molar-refractivity contribution in [2.45, 2.75) is 79.0 Å². The average Bonchev–Trinajstić information content (AvgIpc) is 2.77. The van der Waals surface area contributed by atoms with Crippen molar-refractivity contribution in [2.24, 2.45) is 0 Å². The molecule has 5 nitrogen and oxygen atoms in total. The highest BCUT2D eigenvalue weighted by Crippen LogP contribution is 2.39. The second-order valence-corrected chi connectivity index (χ2v) is 11.3. The highest BCUT2D eigenvalue weighted by atomic mass is 16.5. The number of phenols is 1. The van der Waals surface area contributed by atoms with E-state index in [-0.39, 0.29) is 16.3 Å². The van der Waals surface area contributed by atoms with Crippen LogP contribution in [0.1, 0.15) is 69.5 Å². The Kier molecular flexibility index (Phi) is 8.11. The summed E-state index contributed by atoms with van der Waals surface area (Å²) < 4.78 is 7.94. The topological polar surface area (TPSA) is 63.5 Å². The SMILES string of the molecule is Cc1c(OCc2ccccc2)c(=O)ccn1CCNCc1cc(C(C)(C)C)c(O)c(C(C)(C)C)c1. The van der Waals surface area contributed by atoms with Gasteiger partial charge in [0.2, 0.25) is 5.43 Å². The van der Waals surface area contributed by atoms with Crippen LogP contribution < -0.4 is 15.5 Å². The lowest BCUT2D eigenvalue weighted by Crippen LogP contribution is -2.23. The first-order valence-electron chi connectivity index (χ1n) is 12.3. The molecule has 1 heterocycles. The maximum Gasteiger partial charge on any atom is 0.223 e. The molecule has 3 rings (SSSR count). The molecule has 0 aliphatic rings. The molecule has 2 N–H and O–H groups in total. The Balaban J connectivity index is 1.68. The summed E-state index contributed by atoms with van der Waals surface area (Å²) in [5.74, 6) is 0.806. The zero-order valence-corrected chi connectivity index (χ0v) is 22.2. The first-order chi connectivity index (χ1) is 16.4. The van der Waals surface area contributed by atoms with Gasteiger partial charge in [0, 0.05) is 31.9 Å². The minimum atomic E-state index is -0.150. The van der Waals surface area contributed by atoms with Crippen molar-refractivity contribution in [3.63, 3.8) is 0 Å². The molecule has 3 aromatic rings. The van der Waals surface area contributed by atoms with E-state index in [0.717, 1.165) is 34.5 Å². The zero-order valence-electron chi connectivity index (χ0n) is 22.2. The molecule has 0 aliphatic heterocycles. The Bertz CT molecular complexity index is 1160. The molecule has 35 heavy (non-hydrogen) atoms. The summed E-state index contributed by atoms with van der Waals surface area (Å²) in [6, 6.07) is 15.6. The van der Waals surface area contributed by atoms with E-state index in [9.17, 15) is 9.90 Å². The lowest BCUT2D eigenvalue weighted by atomic mass is 9.78. The Morgan fingerprint density at radius 3 is 2.09 bits per heavy atom. The standard InChI is InChI=1S/C30H40N2O3/c1-21-28(35-20-22-11-9-8-10-12-22)26(33)13-15-32(21)16-14-31-19-23-17-24(29(2,3)4)27(34)25(18-23)30(5,6)7/h8-13,15,17-18,31,34H,14,16,19-20H2,1-7H3. The fraction of sp³-hybridized carbons (Fsp3) is 0.433. The Labute approximate surface area is 209 Å². The maximum absolute atomic E-state index is 12.4. The fourth-order valence-corrected chi connectivity index (χ4v) is 4.17. The number of aromatic hydroxyl groups is 1. The molecule has 0 unspecified atom stereocenters. The molecule has 0 saturated carbocycles. The molecule has 1 aromatic heterocycles. The fourth-order valence-electron chi connectivity index (χ4n) is 4.17. The summed E-state index contributed by atoms with van der Waals surface area (Å²) in [5.41, 5.74) is 4.55. The van der Waals surface area contributed by atoms with Gasteiger partial charge in [-0.3, -0.25) is 4.79 Å². The van der Waals surface area contributed by atoms with Crippen molar-refractivity contribution >= 4 is 0 Å². The molecule has 0 atom stereocenters. The van der Waals surface area contributed by atoms with Crippen LogP contribution in [-0.2, 0) is 30.5 Å². The predicted octanol–water partition coefficient (Wildman–Crippen LogP) is 5.83. The number of hydrogen-bond donors (Lipinski definition) is 2. The molecule has 0 radical (unpaired) electrons. The van der Waals surface area contributed by atoms with E-state index < -0.39 is 0 Å². The van der Waals surface area contributed by atoms with E-state index in [1.807, 2.05) is 48.0 Å². The number of rotatable bonds is 8. The molecule has 0 spiro atoms. The molecule has 0 aliphatic carbocycles. The smallest absolute Gasteiger partial charge is 0.223 e. The maximum atomic E-state index is 12.4. The van der Waals surface area contributed by atoms with Crippen molar-refractivity contribution in [1.29, 1.82) is 0 Å². The second kappa shape index (κ2) is 10.7. The van der Waals surface area contributed by atoms with E-state index in [4.69, 9.17) is 4.74 Å². The summed E-state index contributed by atoms with van der Waals surface area (Å²) in [5, 5.41) is 14.5. The van der Waals surface area contributed by atoms with Crippen LogP contribution in [0.15, 0.2) is 59.5 Å². The summed E-state index contributed by atoms with van der Waals surface area (Å²) >= 11 is 0. The van der Waals surface area contributed by atoms with Crippen LogP contribution in [0.3, 0.4) is 0 Å². The van der Waals surface area contributed by atoms with Crippen LogP contribution in [0.2, 0.25) is 0 Å². The lowest BCUT2D eigenvalue weighted by Gasteiger charge is -2.28. The van der Waals surface area contributed by atoms with E-state index in [1.165, 1.54) is 0 Å². The summed E-state index contributed by atoms with van der Waals surface area (Å²) in [4.78, 5) is 12.4. The molecule has 0 bridgehead atoms. The van der Waals surface area contributed by atoms with Crippen molar-refractivity contribution in [2.75, 3.05) is 6.54 Å². The number of benzene rings is 2. The minimum Gasteiger partial charge on any atom is -0.507 e. The summed E-state index contributed by atoms with van der Waals surface area (Å²) in [7, 11) is 0. The quantitative estimate of drug-likeness (QED) is 0.402. The van der Waals surface area contributed by atoms with Gasteiger partial charge in [-0.2, -0.15) is 0 Å². The van der Waals surface area contributed by atoms with Gasteiger partial charge in [0.25, 0.3) is 0 Å². The van der Waals surface area contributed by atoms with Crippen molar-refractivity contribution in [1.82, 2.24) is 9.88 Å². The van der Waals surface area contributed by atoms with Crippen LogP contribution in [0.4, 0.5) is 0 Å². The molecule has 2 aromatic carbocycles. The van der Waals surface area contributed by atoms with E-state index in [2.05, 4.69) is 59.0 Å². The third-order valence-corrected chi connectivity index (χ3v) is 6.26. The van der Waals surface area contributed by atoms with Crippen LogP contribution in [0.5, 0.6) is 11.5 Å². The van der Waals surface area contributed by atoms with Gasteiger partial charge < -0.3 is 19.7 Å². The average molecular weight is 477 g/mol. The van der Waals surface area contributed by atoms with Gasteiger partial charge in [-0.1, -0.05) is 84.0 Å². The van der Waals surface area contributed by atoms with Crippen LogP contribution in [0.25, 0.3) is 0 Å². The Morgan fingerprint density at radius 2 is 1.51 bits per heavy atom. The van der Waals surface area contributed by atoms with Crippen LogP contribution in [-0.4, -0.2) is 16.2 Å². The van der Waals surface area contributed by atoms with Crippen molar-refractivity contribution in [3.8, 4) is 11.5 Å².